The van der Waals surface area contributed by atoms with Crippen LogP contribution in [-0.4, -0.2) is 29.5 Å². The van der Waals surface area contributed by atoms with Gasteiger partial charge in [-0.15, -0.1) is 0 Å². The molecule has 0 heterocycles. The molecule has 0 radical (unpaired) electrons. The molecule has 1 saturated carbocycles. The molecule has 1 fully saturated rings. The van der Waals surface area contributed by atoms with E-state index in [1.807, 2.05) is 0 Å². The zero-order valence-corrected chi connectivity index (χ0v) is 18.6. The van der Waals surface area contributed by atoms with Gasteiger partial charge in [-0.2, -0.15) is 0 Å². The maximum absolute atomic E-state index is 13.0. The van der Waals surface area contributed by atoms with E-state index in [0.29, 0.717) is 22.9 Å². The van der Waals surface area contributed by atoms with Crippen molar-refractivity contribution in [1.82, 2.24) is 5.32 Å². The van der Waals surface area contributed by atoms with Gasteiger partial charge in [-0.3, -0.25) is 4.79 Å². The highest BCUT2D eigenvalue weighted by atomic mass is 35.5. The van der Waals surface area contributed by atoms with Crippen LogP contribution in [0.25, 0.3) is 0 Å². The molecular formula is C24H26ClNO5. The standard InChI is InChI=1S/C24H26ClNO5/c1-24(2,3)31-23(29)26-19(13-15-9-10-15)22(28)30-20-12-11-17(25)14-18(20)21(27)16-7-5-4-6-8-16/h4-8,11-12,14-15,19H,9-10,13H2,1-3H3,(H,26,29). The van der Waals surface area contributed by atoms with Crippen molar-refractivity contribution in [2.75, 3.05) is 0 Å². The largest absolute Gasteiger partial charge is 0.444 e. The van der Waals surface area contributed by atoms with E-state index < -0.39 is 23.7 Å². The molecule has 6 nitrogen and oxygen atoms in total. The number of ketones is 1. The van der Waals surface area contributed by atoms with Crippen molar-refractivity contribution in [1.29, 1.82) is 0 Å². The summed E-state index contributed by atoms with van der Waals surface area (Å²) < 4.78 is 10.9. The number of hydrogen-bond acceptors (Lipinski definition) is 5. The van der Waals surface area contributed by atoms with E-state index >= 15 is 0 Å². The minimum atomic E-state index is -0.877. The van der Waals surface area contributed by atoms with E-state index in [2.05, 4.69) is 5.32 Å². The second-order valence-electron chi connectivity index (χ2n) is 8.63. The predicted molar refractivity (Wildman–Crippen MR) is 117 cm³/mol. The van der Waals surface area contributed by atoms with E-state index in [9.17, 15) is 14.4 Å². The molecule has 1 aliphatic carbocycles. The van der Waals surface area contributed by atoms with Gasteiger partial charge in [-0.1, -0.05) is 54.8 Å². The topological polar surface area (TPSA) is 81.7 Å². The number of carbonyl (C=O) groups excluding carboxylic acids is 3. The van der Waals surface area contributed by atoms with Gasteiger partial charge in [0.05, 0.1) is 5.56 Å². The molecule has 7 heteroatoms. The second kappa shape index (κ2) is 9.52. The molecule has 31 heavy (non-hydrogen) atoms. The fourth-order valence-electron chi connectivity index (χ4n) is 3.04. The quantitative estimate of drug-likeness (QED) is 0.362. The van der Waals surface area contributed by atoms with Crippen molar-refractivity contribution >= 4 is 29.4 Å². The average molecular weight is 444 g/mol. The minimum absolute atomic E-state index is 0.0926. The number of esters is 1. The summed E-state index contributed by atoms with van der Waals surface area (Å²) in [5.41, 5.74) is -0.0678. The monoisotopic (exact) mass is 443 g/mol. The van der Waals surface area contributed by atoms with Gasteiger partial charge in [0.2, 0.25) is 0 Å². The van der Waals surface area contributed by atoms with Crippen LogP contribution in [0, 0.1) is 5.92 Å². The van der Waals surface area contributed by atoms with Gasteiger partial charge in [-0.05, 0) is 51.3 Å². The van der Waals surface area contributed by atoms with Crippen LogP contribution < -0.4 is 10.1 Å². The first-order chi connectivity index (χ1) is 14.6. The summed E-state index contributed by atoms with van der Waals surface area (Å²) in [4.78, 5) is 38.1. The van der Waals surface area contributed by atoms with Crippen LogP contribution in [0.3, 0.4) is 0 Å². The summed E-state index contributed by atoms with van der Waals surface area (Å²) in [6, 6.07) is 12.3. The molecule has 164 valence electrons. The maximum Gasteiger partial charge on any atom is 0.408 e. The zero-order chi connectivity index (χ0) is 22.6. The minimum Gasteiger partial charge on any atom is -0.444 e. The average Bonchev–Trinajstić information content (AvgIpc) is 3.51. The predicted octanol–water partition coefficient (Wildman–Crippen LogP) is 5.17. The van der Waals surface area contributed by atoms with Gasteiger partial charge in [0.1, 0.15) is 17.4 Å². The third-order valence-electron chi connectivity index (χ3n) is 4.67. The molecule has 2 aromatic rings. The number of rotatable bonds is 7. The number of halogens is 1. The molecule has 1 N–H and O–H groups in total. The van der Waals surface area contributed by atoms with Crippen molar-refractivity contribution in [2.24, 2.45) is 5.92 Å². The smallest absolute Gasteiger partial charge is 0.408 e. The SMILES string of the molecule is CC(C)(C)OC(=O)NC(CC1CC1)C(=O)Oc1ccc(Cl)cc1C(=O)c1ccccc1. The lowest BCUT2D eigenvalue weighted by atomic mass is 10.0. The van der Waals surface area contributed by atoms with Crippen LogP contribution >= 0.6 is 11.6 Å². The number of carbonyl (C=O) groups is 3. The Balaban J connectivity index is 1.79. The highest BCUT2D eigenvalue weighted by Crippen LogP contribution is 2.34. The molecule has 1 unspecified atom stereocenters. The number of alkyl carbamates (subject to hydrolysis) is 1. The molecule has 0 aromatic heterocycles. The van der Waals surface area contributed by atoms with E-state index in [4.69, 9.17) is 21.1 Å². The third kappa shape index (κ3) is 6.82. The second-order valence-corrected chi connectivity index (χ2v) is 9.07. The number of nitrogens with one attached hydrogen (secondary N) is 1. The van der Waals surface area contributed by atoms with E-state index in [-0.39, 0.29) is 17.1 Å². The van der Waals surface area contributed by atoms with Crippen LogP contribution in [0.15, 0.2) is 48.5 Å². The molecule has 3 rings (SSSR count). The van der Waals surface area contributed by atoms with Crippen molar-refractivity contribution in [3.8, 4) is 5.75 Å². The van der Waals surface area contributed by atoms with Gasteiger partial charge in [-0.25, -0.2) is 9.59 Å². The van der Waals surface area contributed by atoms with Crippen LogP contribution in [0.5, 0.6) is 5.75 Å². The van der Waals surface area contributed by atoms with Crippen LogP contribution in [0.4, 0.5) is 4.79 Å². The van der Waals surface area contributed by atoms with E-state index in [1.165, 1.54) is 12.1 Å². The molecule has 0 bridgehead atoms. The summed E-state index contributed by atoms with van der Waals surface area (Å²) in [6.07, 6.45) is 1.76. The lowest BCUT2D eigenvalue weighted by Gasteiger charge is -2.23. The molecule has 2 aromatic carbocycles. The molecule has 0 saturated heterocycles. The normalized spacial score (nSPS) is 14.5. The highest BCUT2D eigenvalue weighted by Gasteiger charge is 2.33. The molecule has 0 aliphatic heterocycles. The van der Waals surface area contributed by atoms with Crippen LogP contribution in [0.1, 0.15) is 56.0 Å². The molecule has 1 atom stereocenters. The summed E-state index contributed by atoms with van der Waals surface area (Å²) in [6.45, 7) is 5.24. The third-order valence-corrected chi connectivity index (χ3v) is 4.91. The Kier molecular flexibility index (Phi) is 7.01. The van der Waals surface area contributed by atoms with Gasteiger partial charge >= 0.3 is 12.1 Å². The first kappa shape index (κ1) is 22.8. The number of amides is 1. The molecule has 1 aliphatic rings. The van der Waals surface area contributed by atoms with Crippen molar-refractivity contribution in [3.05, 3.63) is 64.7 Å². The molecule has 0 spiro atoms. The Bertz CT molecular complexity index is 964. The number of ether oxygens (including phenoxy) is 2. The Morgan fingerprint density at radius 2 is 1.77 bits per heavy atom. The Hall–Kier alpha value is -2.86. The molecule has 1 amide bonds. The number of hydrogen-bond donors (Lipinski definition) is 1. The summed E-state index contributed by atoms with van der Waals surface area (Å²) in [7, 11) is 0. The fraction of sp³-hybridized carbons (Fsp3) is 0.375. The highest BCUT2D eigenvalue weighted by molar-refractivity contribution is 6.31. The first-order valence-electron chi connectivity index (χ1n) is 10.2. The van der Waals surface area contributed by atoms with Gasteiger partial charge in [0.15, 0.2) is 5.78 Å². The van der Waals surface area contributed by atoms with Gasteiger partial charge < -0.3 is 14.8 Å². The fourth-order valence-corrected chi connectivity index (χ4v) is 3.22. The molecular weight excluding hydrogens is 418 g/mol. The van der Waals surface area contributed by atoms with Gasteiger partial charge in [0, 0.05) is 10.6 Å². The maximum atomic E-state index is 13.0. The van der Waals surface area contributed by atoms with Crippen LogP contribution in [0.2, 0.25) is 5.02 Å². The lowest BCUT2D eigenvalue weighted by molar-refractivity contribution is -0.137. The zero-order valence-electron chi connectivity index (χ0n) is 17.8. The van der Waals surface area contributed by atoms with E-state index in [0.717, 1.165) is 12.8 Å². The summed E-state index contributed by atoms with van der Waals surface area (Å²) in [5.74, 6) is -0.523. The Morgan fingerprint density at radius 3 is 2.39 bits per heavy atom. The summed E-state index contributed by atoms with van der Waals surface area (Å²) in [5, 5.41) is 2.96. The van der Waals surface area contributed by atoms with Crippen molar-refractivity contribution in [2.45, 2.75) is 51.7 Å². The van der Waals surface area contributed by atoms with Crippen LogP contribution in [-0.2, 0) is 9.53 Å². The summed E-state index contributed by atoms with van der Waals surface area (Å²) >= 11 is 6.09. The Labute approximate surface area is 186 Å². The van der Waals surface area contributed by atoms with Gasteiger partial charge in [0.25, 0.3) is 0 Å². The van der Waals surface area contributed by atoms with Crippen molar-refractivity contribution < 1.29 is 23.9 Å². The lowest BCUT2D eigenvalue weighted by Crippen LogP contribution is -2.45. The number of benzene rings is 2. The van der Waals surface area contributed by atoms with Crippen molar-refractivity contribution in [3.63, 3.8) is 0 Å². The van der Waals surface area contributed by atoms with E-state index in [1.54, 1.807) is 57.2 Å². The Morgan fingerprint density at radius 1 is 1.10 bits per heavy atom. The first-order valence-corrected chi connectivity index (χ1v) is 10.6.